The van der Waals surface area contributed by atoms with E-state index in [1.165, 1.54) is 12.1 Å². The Bertz CT molecular complexity index is 1250. The third kappa shape index (κ3) is 4.66. The molecular formula is C23H18BrIN2O4S. The van der Waals surface area contributed by atoms with Crippen LogP contribution in [0.3, 0.4) is 0 Å². The van der Waals surface area contributed by atoms with Crippen LogP contribution in [0.5, 0.6) is 0 Å². The summed E-state index contributed by atoms with van der Waals surface area (Å²) in [6.45, 7) is -0.0244. The van der Waals surface area contributed by atoms with Gasteiger partial charge in [0.05, 0.1) is 17.0 Å². The molecule has 3 aromatic carbocycles. The SMILES string of the molecule is O=C1CC(N(Cc2ccccc2)S(=O)(=O)c2ccc(Br)cc2)C(=O)N1c1ccc(I)cc1. The summed E-state index contributed by atoms with van der Waals surface area (Å²) in [5.74, 6) is -0.974. The molecule has 0 N–H and O–H groups in total. The Morgan fingerprint density at radius 3 is 2.19 bits per heavy atom. The highest BCUT2D eigenvalue weighted by Crippen LogP contribution is 2.31. The Hall–Kier alpha value is -2.08. The number of amides is 2. The molecule has 3 aromatic rings. The molecule has 32 heavy (non-hydrogen) atoms. The van der Waals surface area contributed by atoms with Crippen molar-refractivity contribution in [2.75, 3.05) is 4.90 Å². The van der Waals surface area contributed by atoms with Gasteiger partial charge in [-0.3, -0.25) is 9.59 Å². The Labute approximate surface area is 208 Å². The average Bonchev–Trinajstić information content (AvgIpc) is 3.07. The minimum absolute atomic E-state index is 0.0244. The predicted octanol–water partition coefficient (Wildman–Crippen LogP) is 4.58. The first kappa shape index (κ1) is 23.1. The molecule has 6 nitrogen and oxygen atoms in total. The number of anilines is 1. The maximum atomic E-state index is 13.6. The van der Waals surface area contributed by atoms with Crippen LogP contribution in [0.15, 0.2) is 88.2 Å². The zero-order valence-corrected chi connectivity index (χ0v) is 21.2. The molecule has 0 aromatic heterocycles. The maximum Gasteiger partial charge on any atom is 0.252 e. The first-order valence-electron chi connectivity index (χ1n) is 9.71. The number of rotatable bonds is 6. The molecule has 164 valence electrons. The number of hydrogen-bond donors (Lipinski definition) is 0. The number of hydrogen-bond acceptors (Lipinski definition) is 4. The molecule has 1 unspecified atom stereocenters. The van der Waals surface area contributed by atoms with Gasteiger partial charge in [-0.15, -0.1) is 0 Å². The molecule has 1 heterocycles. The number of benzene rings is 3. The van der Waals surface area contributed by atoms with Crippen LogP contribution < -0.4 is 4.90 Å². The van der Waals surface area contributed by atoms with E-state index in [1.807, 2.05) is 6.07 Å². The molecule has 1 fully saturated rings. The van der Waals surface area contributed by atoms with Gasteiger partial charge in [0.1, 0.15) is 6.04 Å². The van der Waals surface area contributed by atoms with Gasteiger partial charge in [-0.1, -0.05) is 46.3 Å². The van der Waals surface area contributed by atoms with Crippen molar-refractivity contribution in [1.82, 2.24) is 4.31 Å². The lowest BCUT2D eigenvalue weighted by Crippen LogP contribution is -2.45. The summed E-state index contributed by atoms with van der Waals surface area (Å²) in [6, 6.07) is 21.1. The molecule has 0 saturated carbocycles. The van der Waals surface area contributed by atoms with Crippen LogP contribution in [-0.2, 0) is 26.2 Å². The molecule has 0 aliphatic carbocycles. The highest BCUT2D eigenvalue weighted by molar-refractivity contribution is 14.1. The molecule has 1 aliphatic rings. The summed E-state index contributed by atoms with van der Waals surface area (Å²) in [7, 11) is -4.06. The molecule has 1 atom stereocenters. The Morgan fingerprint density at radius 1 is 0.938 bits per heavy atom. The number of carbonyl (C=O) groups excluding carboxylic acids is 2. The number of imide groups is 1. The normalized spacial score (nSPS) is 16.7. The highest BCUT2D eigenvalue weighted by atomic mass is 127. The Morgan fingerprint density at radius 2 is 1.56 bits per heavy atom. The summed E-state index contributed by atoms with van der Waals surface area (Å²) >= 11 is 5.45. The van der Waals surface area contributed by atoms with E-state index in [2.05, 4.69) is 38.5 Å². The minimum atomic E-state index is -4.06. The minimum Gasteiger partial charge on any atom is -0.274 e. The van der Waals surface area contributed by atoms with Crippen LogP contribution in [0.2, 0.25) is 0 Å². The van der Waals surface area contributed by atoms with Gasteiger partial charge in [-0.05, 0) is 76.7 Å². The molecule has 0 spiro atoms. The van der Waals surface area contributed by atoms with E-state index < -0.39 is 27.9 Å². The van der Waals surface area contributed by atoms with Crippen molar-refractivity contribution in [1.29, 1.82) is 0 Å². The second-order valence-corrected chi connectivity index (χ2v) is 11.3. The van der Waals surface area contributed by atoms with Gasteiger partial charge < -0.3 is 0 Å². The lowest BCUT2D eigenvalue weighted by atomic mass is 10.2. The first-order valence-corrected chi connectivity index (χ1v) is 13.0. The van der Waals surface area contributed by atoms with Crippen LogP contribution in [0.1, 0.15) is 12.0 Å². The van der Waals surface area contributed by atoms with Gasteiger partial charge in [0, 0.05) is 14.6 Å². The lowest BCUT2D eigenvalue weighted by Gasteiger charge is -2.27. The van der Waals surface area contributed by atoms with E-state index in [0.717, 1.165) is 22.8 Å². The van der Waals surface area contributed by atoms with Gasteiger partial charge in [0.2, 0.25) is 15.9 Å². The lowest BCUT2D eigenvalue weighted by molar-refractivity contribution is -0.122. The van der Waals surface area contributed by atoms with Crippen LogP contribution in [0, 0.1) is 3.57 Å². The summed E-state index contributed by atoms with van der Waals surface area (Å²) in [4.78, 5) is 27.3. The third-order valence-electron chi connectivity index (χ3n) is 5.16. The van der Waals surface area contributed by atoms with Crippen molar-refractivity contribution in [2.24, 2.45) is 0 Å². The Kier molecular flexibility index (Phi) is 6.80. The monoisotopic (exact) mass is 624 g/mol. The zero-order chi connectivity index (χ0) is 22.9. The van der Waals surface area contributed by atoms with Crippen molar-refractivity contribution in [3.63, 3.8) is 0 Å². The van der Waals surface area contributed by atoms with E-state index in [-0.39, 0.29) is 17.9 Å². The number of carbonyl (C=O) groups is 2. The zero-order valence-electron chi connectivity index (χ0n) is 16.7. The first-order chi connectivity index (χ1) is 15.3. The van der Waals surface area contributed by atoms with Crippen LogP contribution in [-0.4, -0.2) is 30.6 Å². The topological polar surface area (TPSA) is 74.8 Å². The molecule has 4 rings (SSSR count). The van der Waals surface area contributed by atoms with Crippen molar-refractivity contribution < 1.29 is 18.0 Å². The summed E-state index contributed by atoms with van der Waals surface area (Å²) < 4.78 is 30.0. The molecule has 0 bridgehead atoms. The number of sulfonamides is 1. The molecule has 1 aliphatic heterocycles. The molecule has 1 saturated heterocycles. The maximum absolute atomic E-state index is 13.6. The van der Waals surface area contributed by atoms with Gasteiger partial charge >= 0.3 is 0 Å². The van der Waals surface area contributed by atoms with Gasteiger partial charge in [0.15, 0.2) is 0 Å². The van der Waals surface area contributed by atoms with Crippen molar-refractivity contribution >= 4 is 66.0 Å². The summed E-state index contributed by atoms with van der Waals surface area (Å²) in [5, 5.41) is 0. The smallest absolute Gasteiger partial charge is 0.252 e. The fourth-order valence-corrected chi connectivity index (χ4v) is 5.76. The number of nitrogens with zero attached hydrogens (tertiary/aromatic N) is 2. The van der Waals surface area contributed by atoms with Crippen molar-refractivity contribution in [3.05, 3.63) is 92.5 Å². The number of halogens is 2. The third-order valence-corrected chi connectivity index (χ3v) is 8.27. The van der Waals surface area contributed by atoms with E-state index in [1.54, 1.807) is 60.7 Å². The molecule has 9 heteroatoms. The predicted molar refractivity (Wildman–Crippen MR) is 133 cm³/mol. The quantitative estimate of drug-likeness (QED) is 0.297. The summed E-state index contributed by atoms with van der Waals surface area (Å²) in [5.41, 5.74) is 1.16. The standard InChI is InChI=1S/C23H18BrIN2O4S/c24-17-6-12-20(13-7-17)32(30,31)26(15-16-4-2-1-3-5-16)21-14-22(28)27(23(21)29)19-10-8-18(25)9-11-19/h1-13,21H,14-15H2. The molecule has 2 amide bonds. The Balaban J connectivity index is 1.74. The van der Waals surface area contributed by atoms with E-state index in [9.17, 15) is 18.0 Å². The molecular weight excluding hydrogens is 607 g/mol. The summed E-state index contributed by atoms with van der Waals surface area (Å²) in [6.07, 6.45) is -0.215. The molecule has 0 radical (unpaired) electrons. The van der Waals surface area contributed by atoms with E-state index >= 15 is 0 Å². The van der Waals surface area contributed by atoms with E-state index in [4.69, 9.17) is 0 Å². The largest absolute Gasteiger partial charge is 0.274 e. The average molecular weight is 625 g/mol. The van der Waals surface area contributed by atoms with Crippen LogP contribution >= 0.6 is 38.5 Å². The van der Waals surface area contributed by atoms with Crippen molar-refractivity contribution in [3.8, 4) is 0 Å². The highest BCUT2D eigenvalue weighted by Gasteiger charge is 2.46. The van der Waals surface area contributed by atoms with Crippen LogP contribution in [0.25, 0.3) is 0 Å². The van der Waals surface area contributed by atoms with E-state index in [0.29, 0.717) is 5.69 Å². The fourth-order valence-electron chi connectivity index (χ4n) is 3.57. The van der Waals surface area contributed by atoms with Crippen molar-refractivity contribution in [2.45, 2.75) is 23.9 Å². The second kappa shape index (κ2) is 9.42. The van der Waals surface area contributed by atoms with Crippen LogP contribution in [0.4, 0.5) is 5.69 Å². The van der Waals surface area contributed by atoms with Gasteiger partial charge in [0.25, 0.3) is 5.91 Å². The fraction of sp³-hybridized carbons (Fsp3) is 0.130. The van der Waals surface area contributed by atoms with Gasteiger partial charge in [-0.2, -0.15) is 4.31 Å². The van der Waals surface area contributed by atoms with Gasteiger partial charge in [-0.25, -0.2) is 13.3 Å². The second-order valence-electron chi connectivity index (χ2n) is 7.25.